The van der Waals surface area contributed by atoms with Crippen molar-refractivity contribution in [2.45, 2.75) is 0 Å². The van der Waals surface area contributed by atoms with Gasteiger partial charge in [-0.05, 0) is 35.7 Å². The molecule has 3 aromatic rings. The predicted octanol–water partition coefficient (Wildman–Crippen LogP) is 4.76. The summed E-state index contributed by atoms with van der Waals surface area (Å²) < 4.78 is 21.7. The van der Waals surface area contributed by atoms with Crippen LogP contribution in [0.1, 0.15) is 0 Å². The maximum atomic E-state index is 10.8. The largest absolute Gasteiger partial charge is 0.506 e. The Kier molecular flexibility index (Phi) is 3.81. The first kappa shape index (κ1) is 14.2. The van der Waals surface area contributed by atoms with Crippen molar-refractivity contribution >= 4 is 35.1 Å². The molecule has 0 unspecified atom stereocenters. The summed E-state index contributed by atoms with van der Waals surface area (Å²) in [6.07, 6.45) is 0. The lowest BCUT2D eigenvalue weighted by atomic mass is 10.1. The summed E-state index contributed by atoms with van der Waals surface area (Å²) in [7, 11) is -2.60. The normalized spacial score (nSPS) is 11.1. The maximum absolute atomic E-state index is 10.8. The molecule has 0 bridgehead atoms. The van der Waals surface area contributed by atoms with Crippen molar-refractivity contribution in [1.29, 1.82) is 0 Å². The molecule has 3 rings (SSSR count). The number of phenolic OH excluding ortho intramolecular Hbond substituents is 1. The zero-order valence-corrected chi connectivity index (χ0v) is 12.3. The Balaban J connectivity index is 2.00. The van der Waals surface area contributed by atoms with Gasteiger partial charge in [0.2, 0.25) is 0 Å². The molecule has 0 atom stereocenters. The Labute approximate surface area is 126 Å². The van der Waals surface area contributed by atoms with Crippen LogP contribution in [0.5, 0.6) is 5.75 Å². The van der Waals surface area contributed by atoms with Gasteiger partial charge >= 0.3 is 7.68 Å². The van der Waals surface area contributed by atoms with Crippen LogP contribution in [0.3, 0.4) is 0 Å². The summed E-state index contributed by atoms with van der Waals surface area (Å²) in [5.41, 5.74) is 0.894. The molecule has 3 aromatic carbocycles. The first-order chi connectivity index (χ1) is 10.6. The van der Waals surface area contributed by atoms with E-state index in [9.17, 15) is 14.2 Å². The van der Waals surface area contributed by atoms with E-state index in [1.165, 1.54) is 12.1 Å². The molecule has 0 amide bonds. The maximum Gasteiger partial charge on any atom is 0.348 e. The molecule has 0 aliphatic heterocycles. The molecule has 0 fully saturated rings. The van der Waals surface area contributed by atoms with E-state index in [0.29, 0.717) is 11.4 Å². The fourth-order valence-electron chi connectivity index (χ4n) is 2.10. The summed E-state index contributed by atoms with van der Waals surface area (Å²) >= 11 is 0. The highest BCUT2D eigenvalue weighted by Crippen LogP contribution is 2.35. The minimum absolute atomic E-state index is 0.0432. The van der Waals surface area contributed by atoms with Crippen LogP contribution < -0.4 is 5.30 Å². The van der Waals surface area contributed by atoms with Crippen molar-refractivity contribution in [3.05, 3.63) is 60.7 Å². The molecule has 0 spiro atoms. The van der Waals surface area contributed by atoms with Crippen molar-refractivity contribution in [2.75, 3.05) is 0 Å². The number of rotatable bonds is 3. The predicted molar refractivity (Wildman–Crippen MR) is 84.2 cm³/mol. The molecule has 0 saturated carbocycles. The van der Waals surface area contributed by atoms with Crippen LogP contribution in [-0.2, 0) is 9.13 Å². The summed E-state index contributed by atoms with van der Waals surface area (Å²) in [6, 6.07) is 17.0. The van der Waals surface area contributed by atoms with Gasteiger partial charge in [0.25, 0.3) is 0 Å². The molecule has 0 aliphatic carbocycles. The van der Waals surface area contributed by atoms with Gasteiger partial charge in [-0.1, -0.05) is 30.3 Å². The molecule has 22 heavy (non-hydrogen) atoms. The fraction of sp³-hybridized carbons (Fsp3) is 0. The third kappa shape index (κ3) is 2.80. The first-order valence-corrected chi connectivity index (χ1v) is 7.70. The Bertz CT molecular complexity index is 924. The molecular weight excluding hydrogens is 299 g/mol. The van der Waals surface area contributed by atoms with Gasteiger partial charge in [-0.3, -0.25) is 0 Å². The lowest BCUT2D eigenvalue weighted by Crippen LogP contribution is -1.88. The number of hydrogen-bond acceptors (Lipinski definition) is 5. The number of aromatic hydroxyl groups is 1. The van der Waals surface area contributed by atoms with Crippen LogP contribution in [0.15, 0.2) is 70.9 Å². The quantitative estimate of drug-likeness (QED) is 0.559. The van der Waals surface area contributed by atoms with E-state index in [2.05, 4.69) is 10.2 Å². The minimum Gasteiger partial charge on any atom is -0.506 e. The van der Waals surface area contributed by atoms with Crippen LogP contribution in [0.4, 0.5) is 11.4 Å². The SMILES string of the molecule is O=P(=O)c1ccc(N=Nc2c(O)ccc3ccccc23)cc1. The first-order valence-electron chi connectivity index (χ1n) is 6.52. The van der Waals surface area contributed by atoms with Crippen LogP contribution in [0.2, 0.25) is 0 Å². The number of phenols is 1. The Hall–Kier alpha value is -2.78. The average Bonchev–Trinajstić information content (AvgIpc) is 2.54. The van der Waals surface area contributed by atoms with E-state index in [4.69, 9.17) is 0 Å². The third-order valence-corrected chi connectivity index (χ3v) is 3.93. The average molecular weight is 310 g/mol. The van der Waals surface area contributed by atoms with E-state index in [1.807, 2.05) is 30.3 Å². The highest BCUT2D eigenvalue weighted by Gasteiger charge is 2.05. The monoisotopic (exact) mass is 310 g/mol. The molecule has 0 aliphatic rings. The zero-order chi connectivity index (χ0) is 15.5. The third-order valence-electron chi connectivity index (χ3n) is 3.21. The molecule has 1 N–H and O–H groups in total. The number of nitrogens with zero attached hydrogens (tertiary/aromatic N) is 2. The standard InChI is InChI=1S/C16H11N2O3P/c19-15-10-5-11-3-1-2-4-14(11)16(15)18-17-12-6-8-13(9-7-12)22(20)21/h1-10,19H. The molecule has 0 aromatic heterocycles. The van der Waals surface area contributed by atoms with E-state index < -0.39 is 7.68 Å². The zero-order valence-electron chi connectivity index (χ0n) is 11.4. The second kappa shape index (κ2) is 5.92. The molecule has 0 heterocycles. The number of azo groups is 1. The summed E-state index contributed by atoms with van der Waals surface area (Å²) in [5, 5.41) is 20.1. The summed E-state index contributed by atoms with van der Waals surface area (Å²) in [4.78, 5) is 0. The topological polar surface area (TPSA) is 79.1 Å². The van der Waals surface area contributed by atoms with Crippen molar-refractivity contribution in [1.82, 2.24) is 0 Å². The Morgan fingerprint density at radius 1 is 0.818 bits per heavy atom. The lowest BCUT2D eigenvalue weighted by molar-refractivity contribution is 0.477. The molecule has 0 saturated heterocycles. The van der Waals surface area contributed by atoms with E-state index in [0.717, 1.165) is 10.8 Å². The van der Waals surface area contributed by atoms with Gasteiger partial charge in [-0.15, -0.1) is 5.11 Å². The van der Waals surface area contributed by atoms with Gasteiger partial charge in [0.15, 0.2) is 0 Å². The van der Waals surface area contributed by atoms with Crippen molar-refractivity contribution in [2.24, 2.45) is 10.2 Å². The minimum atomic E-state index is -2.60. The molecule has 108 valence electrons. The summed E-state index contributed by atoms with van der Waals surface area (Å²) in [6.45, 7) is 0. The van der Waals surface area contributed by atoms with E-state index >= 15 is 0 Å². The highest BCUT2D eigenvalue weighted by atomic mass is 31.1. The van der Waals surface area contributed by atoms with Gasteiger partial charge in [-0.2, -0.15) is 5.11 Å². The van der Waals surface area contributed by atoms with E-state index in [-0.39, 0.29) is 11.1 Å². The number of fused-ring (bicyclic) bond motifs is 1. The Morgan fingerprint density at radius 3 is 2.27 bits per heavy atom. The molecule has 5 nitrogen and oxygen atoms in total. The van der Waals surface area contributed by atoms with Gasteiger partial charge < -0.3 is 5.11 Å². The van der Waals surface area contributed by atoms with Crippen molar-refractivity contribution in [3.63, 3.8) is 0 Å². The van der Waals surface area contributed by atoms with Gasteiger partial charge in [0.05, 0.1) is 11.0 Å². The van der Waals surface area contributed by atoms with Crippen LogP contribution in [-0.4, -0.2) is 5.11 Å². The van der Waals surface area contributed by atoms with Crippen molar-refractivity contribution in [3.8, 4) is 5.75 Å². The van der Waals surface area contributed by atoms with Gasteiger partial charge in [0, 0.05) is 5.39 Å². The molecular formula is C16H11N2O3P. The van der Waals surface area contributed by atoms with Crippen LogP contribution >= 0.6 is 7.68 Å². The van der Waals surface area contributed by atoms with Gasteiger partial charge in [0.1, 0.15) is 11.4 Å². The number of benzene rings is 3. The van der Waals surface area contributed by atoms with Crippen LogP contribution in [0.25, 0.3) is 10.8 Å². The summed E-state index contributed by atoms with van der Waals surface area (Å²) in [5.74, 6) is 0.0432. The fourth-order valence-corrected chi connectivity index (χ4v) is 2.49. The van der Waals surface area contributed by atoms with E-state index in [1.54, 1.807) is 18.2 Å². The molecule has 0 radical (unpaired) electrons. The highest BCUT2D eigenvalue weighted by molar-refractivity contribution is 7.40. The van der Waals surface area contributed by atoms with Crippen LogP contribution in [0, 0.1) is 0 Å². The second-order valence-electron chi connectivity index (χ2n) is 4.63. The number of hydrogen-bond donors (Lipinski definition) is 1. The van der Waals surface area contributed by atoms with Crippen molar-refractivity contribution < 1.29 is 14.2 Å². The lowest BCUT2D eigenvalue weighted by Gasteiger charge is -2.03. The Morgan fingerprint density at radius 2 is 1.55 bits per heavy atom. The molecule has 6 heteroatoms. The second-order valence-corrected chi connectivity index (χ2v) is 5.66. The van der Waals surface area contributed by atoms with Gasteiger partial charge in [-0.25, -0.2) is 9.13 Å². The smallest absolute Gasteiger partial charge is 0.348 e.